The van der Waals surface area contributed by atoms with Gasteiger partial charge in [-0.25, -0.2) is 4.98 Å². The van der Waals surface area contributed by atoms with Crippen LogP contribution in [-0.2, 0) is 12.7 Å². The first-order valence-electron chi connectivity index (χ1n) is 7.92. The van der Waals surface area contributed by atoms with Crippen molar-refractivity contribution in [1.29, 1.82) is 5.26 Å². The Hall–Kier alpha value is -2.64. The third-order valence-electron chi connectivity index (χ3n) is 4.11. The molecule has 10 heteroatoms. The van der Waals surface area contributed by atoms with E-state index in [1.165, 1.54) is 17.1 Å². The quantitative estimate of drug-likeness (QED) is 0.829. The highest BCUT2D eigenvalue weighted by Gasteiger charge is 2.37. The summed E-state index contributed by atoms with van der Waals surface area (Å²) in [4.78, 5) is 5.90. The van der Waals surface area contributed by atoms with Gasteiger partial charge in [-0.15, -0.1) is 0 Å². The molecule has 1 saturated heterocycles. The number of anilines is 1. The number of hydrogen-bond donors (Lipinski definition) is 2. The molecule has 3 heterocycles. The lowest BCUT2D eigenvalue weighted by atomic mass is 10.0. The number of hydrogen-bond acceptors (Lipinski definition) is 6. The maximum absolute atomic E-state index is 13.4. The van der Waals surface area contributed by atoms with Crippen LogP contribution in [0, 0.1) is 11.3 Å². The van der Waals surface area contributed by atoms with Gasteiger partial charge in [-0.1, -0.05) is 0 Å². The Morgan fingerprint density at radius 1 is 1.35 bits per heavy atom. The molecule has 0 radical (unpaired) electrons. The average Bonchev–Trinajstić information content (AvgIpc) is 3.00. The predicted octanol–water partition coefficient (Wildman–Crippen LogP) is 1.40. The molecule has 1 unspecified atom stereocenters. The maximum Gasteiger partial charge on any atom is 0.417 e. The highest BCUT2D eigenvalue weighted by Crippen LogP contribution is 2.38. The van der Waals surface area contributed by atoms with E-state index >= 15 is 0 Å². The van der Waals surface area contributed by atoms with Gasteiger partial charge in [0.25, 0.3) is 0 Å². The van der Waals surface area contributed by atoms with E-state index in [4.69, 9.17) is 5.11 Å². The molecule has 2 aromatic heterocycles. The number of nitrogens with zero attached hydrogens (tertiary/aromatic N) is 5. The molecule has 2 N–H and O–H groups in total. The second kappa shape index (κ2) is 6.93. The van der Waals surface area contributed by atoms with Gasteiger partial charge < -0.3 is 15.1 Å². The van der Waals surface area contributed by atoms with Gasteiger partial charge in [0.05, 0.1) is 36.7 Å². The van der Waals surface area contributed by atoms with E-state index in [0.29, 0.717) is 18.7 Å². The van der Waals surface area contributed by atoms with Gasteiger partial charge in [0.1, 0.15) is 17.5 Å². The largest absolute Gasteiger partial charge is 0.417 e. The first-order chi connectivity index (χ1) is 12.3. The van der Waals surface area contributed by atoms with Crippen molar-refractivity contribution in [2.45, 2.75) is 25.2 Å². The standard InChI is InChI=1S/C16H16F3N5O2/c17-16(18,19)13-4-14(10-6-21-24(7-10)8-11(26)9-25)22-15(12(13)5-20)23-2-1-3-23/h4,6-7,11,25-26H,1-3,8-9H2. The predicted molar refractivity (Wildman–Crippen MR) is 85.1 cm³/mol. The summed E-state index contributed by atoms with van der Waals surface area (Å²) in [6, 6.07) is 2.47. The van der Waals surface area contributed by atoms with Gasteiger partial charge in [0.15, 0.2) is 0 Å². The molecule has 138 valence electrons. The number of aliphatic hydroxyl groups excluding tert-OH is 2. The third-order valence-corrected chi connectivity index (χ3v) is 4.11. The molecular formula is C16H16F3N5O2. The molecule has 0 amide bonds. The topological polar surface area (TPSA) is 98.2 Å². The summed E-state index contributed by atoms with van der Waals surface area (Å²) in [5, 5.41) is 31.5. The number of pyridine rings is 1. The van der Waals surface area contributed by atoms with Crippen LogP contribution in [0.1, 0.15) is 17.5 Å². The Bertz CT molecular complexity index is 839. The van der Waals surface area contributed by atoms with Gasteiger partial charge in [0.2, 0.25) is 0 Å². The molecule has 1 fully saturated rings. The van der Waals surface area contributed by atoms with E-state index in [0.717, 1.165) is 12.5 Å². The molecular weight excluding hydrogens is 351 g/mol. The minimum absolute atomic E-state index is 0.00209. The Morgan fingerprint density at radius 2 is 2.08 bits per heavy atom. The summed E-state index contributed by atoms with van der Waals surface area (Å²) in [5.74, 6) is 0.0201. The first-order valence-corrected chi connectivity index (χ1v) is 7.92. The number of alkyl halides is 3. The minimum Gasteiger partial charge on any atom is -0.394 e. The number of halogens is 3. The zero-order valence-electron chi connectivity index (χ0n) is 13.6. The van der Waals surface area contributed by atoms with Crippen molar-refractivity contribution in [3.05, 3.63) is 29.6 Å². The summed E-state index contributed by atoms with van der Waals surface area (Å²) < 4.78 is 41.6. The molecule has 0 bridgehead atoms. The lowest BCUT2D eigenvalue weighted by molar-refractivity contribution is -0.137. The van der Waals surface area contributed by atoms with Crippen LogP contribution in [0.25, 0.3) is 11.3 Å². The Balaban J connectivity index is 2.06. The number of nitriles is 1. The fourth-order valence-corrected chi connectivity index (χ4v) is 2.64. The average molecular weight is 367 g/mol. The summed E-state index contributed by atoms with van der Waals surface area (Å²) in [6.45, 7) is 0.633. The Labute approximate surface area is 146 Å². The van der Waals surface area contributed by atoms with Gasteiger partial charge in [-0.05, 0) is 12.5 Å². The van der Waals surface area contributed by atoms with Crippen molar-refractivity contribution in [3.8, 4) is 17.3 Å². The molecule has 7 nitrogen and oxygen atoms in total. The van der Waals surface area contributed by atoms with Gasteiger partial charge in [-0.2, -0.15) is 23.5 Å². The van der Waals surface area contributed by atoms with Crippen LogP contribution in [0.4, 0.5) is 19.0 Å². The van der Waals surface area contributed by atoms with E-state index in [1.54, 1.807) is 11.0 Å². The molecule has 1 aliphatic heterocycles. The minimum atomic E-state index is -4.69. The van der Waals surface area contributed by atoms with Crippen LogP contribution < -0.4 is 4.90 Å². The van der Waals surface area contributed by atoms with Crippen molar-refractivity contribution in [2.24, 2.45) is 0 Å². The molecule has 1 atom stereocenters. The molecule has 0 aromatic carbocycles. The Morgan fingerprint density at radius 3 is 2.62 bits per heavy atom. The molecule has 2 aromatic rings. The van der Waals surface area contributed by atoms with Crippen LogP contribution in [0.2, 0.25) is 0 Å². The van der Waals surface area contributed by atoms with E-state index in [2.05, 4.69) is 10.1 Å². The second-order valence-electron chi connectivity index (χ2n) is 5.99. The van der Waals surface area contributed by atoms with Crippen LogP contribution in [0.3, 0.4) is 0 Å². The number of rotatable bonds is 5. The molecule has 3 rings (SSSR count). The monoisotopic (exact) mass is 367 g/mol. The number of aromatic nitrogens is 3. The van der Waals surface area contributed by atoms with E-state index in [-0.39, 0.29) is 18.1 Å². The summed E-state index contributed by atoms with van der Waals surface area (Å²) in [5.41, 5.74) is -1.14. The normalized spacial score (nSPS) is 15.5. The fourth-order valence-electron chi connectivity index (χ4n) is 2.64. The summed E-state index contributed by atoms with van der Waals surface area (Å²) in [6.07, 6.45) is -2.12. The molecule has 0 spiro atoms. The van der Waals surface area contributed by atoms with Crippen molar-refractivity contribution in [1.82, 2.24) is 14.8 Å². The van der Waals surface area contributed by atoms with Gasteiger partial charge in [-0.3, -0.25) is 4.68 Å². The molecule has 0 aliphatic carbocycles. The Kier molecular flexibility index (Phi) is 4.84. The lowest BCUT2D eigenvalue weighted by Crippen LogP contribution is -2.38. The van der Waals surface area contributed by atoms with E-state index < -0.39 is 30.0 Å². The van der Waals surface area contributed by atoms with Gasteiger partial charge >= 0.3 is 6.18 Å². The molecule has 0 saturated carbocycles. The molecule has 1 aliphatic rings. The van der Waals surface area contributed by atoms with Crippen molar-refractivity contribution in [3.63, 3.8) is 0 Å². The zero-order valence-corrected chi connectivity index (χ0v) is 13.6. The first kappa shape index (κ1) is 18.2. The lowest BCUT2D eigenvalue weighted by Gasteiger charge is -2.33. The van der Waals surface area contributed by atoms with Crippen molar-refractivity contribution in [2.75, 3.05) is 24.6 Å². The maximum atomic E-state index is 13.4. The van der Waals surface area contributed by atoms with Crippen LogP contribution in [0.15, 0.2) is 18.5 Å². The highest BCUT2D eigenvalue weighted by atomic mass is 19.4. The van der Waals surface area contributed by atoms with Crippen LogP contribution in [0.5, 0.6) is 0 Å². The van der Waals surface area contributed by atoms with Gasteiger partial charge in [0, 0.05) is 24.8 Å². The molecule has 26 heavy (non-hydrogen) atoms. The summed E-state index contributed by atoms with van der Waals surface area (Å²) >= 11 is 0. The zero-order chi connectivity index (χ0) is 18.9. The van der Waals surface area contributed by atoms with E-state index in [9.17, 15) is 23.5 Å². The van der Waals surface area contributed by atoms with Crippen molar-refractivity contribution < 1.29 is 23.4 Å². The number of aliphatic hydroxyl groups is 2. The third kappa shape index (κ3) is 3.49. The highest BCUT2D eigenvalue weighted by molar-refractivity contribution is 5.68. The van der Waals surface area contributed by atoms with Crippen molar-refractivity contribution >= 4 is 5.82 Å². The van der Waals surface area contributed by atoms with E-state index in [1.807, 2.05) is 0 Å². The smallest absolute Gasteiger partial charge is 0.394 e. The second-order valence-corrected chi connectivity index (χ2v) is 5.99. The SMILES string of the molecule is N#Cc1c(C(F)(F)F)cc(-c2cnn(CC(O)CO)c2)nc1N1CCC1. The summed E-state index contributed by atoms with van der Waals surface area (Å²) in [7, 11) is 0. The van der Waals surface area contributed by atoms with Crippen LogP contribution in [-0.4, -0.2) is 50.8 Å². The van der Waals surface area contributed by atoms with Crippen LogP contribution >= 0.6 is 0 Å². The fraction of sp³-hybridized carbons (Fsp3) is 0.438.